The van der Waals surface area contributed by atoms with Gasteiger partial charge in [-0.05, 0) is 86.1 Å². The Morgan fingerprint density at radius 3 is 2.12 bits per heavy atom. The van der Waals surface area contributed by atoms with E-state index in [-0.39, 0.29) is 29.5 Å². The van der Waals surface area contributed by atoms with E-state index in [4.69, 9.17) is 27.9 Å². The highest BCUT2D eigenvalue weighted by Crippen LogP contribution is 2.37. The highest BCUT2D eigenvalue weighted by molar-refractivity contribution is 6.43. The Balaban J connectivity index is 0.000000263. The normalized spacial score (nSPS) is 14.9. The molecule has 0 spiro atoms. The van der Waals surface area contributed by atoms with Crippen LogP contribution in [0.25, 0.3) is 6.08 Å². The number of hydrogen-bond acceptors (Lipinski definition) is 5. The molecule has 2 aromatic rings. The van der Waals surface area contributed by atoms with E-state index in [1.165, 1.54) is 21.4 Å². The molecule has 1 heterocycles. The largest absolute Gasteiger partial charge is 0.462 e. The van der Waals surface area contributed by atoms with Crippen molar-refractivity contribution >= 4 is 64.5 Å². The second-order valence-corrected chi connectivity index (χ2v) is 10.9. The summed E-state index contributed by atoms with van der Waals surface area (Å²) in [6.07, 6.45) is 4.45. The Kier molecular flexibility index (Phi) is 11.1. The van der Waals surface area contributed by atoms with Gasteiger partial charge in [0.05, 0.1) is 12.3 Å². The van der Waals surface area contributed by atoms with E-state index >= 15 is 0 Å². The fourth-order valence-electron chi connectivity index (χ4n) is 4.34. The molecule has 10 heteroatoms. The average Bonchev–Trinajstić information content (AvgIpc) is 3.20. The lowest BCUT2D eigenvalue weighted by molar-refractivity contribution is -0.137. The van der Waals surface area contributed by atoms with Crippen molar-refractivity contribution in [1.29, 1.82) is 0 Å². The SMILES string of the molecule is CC(C)c1ccc(NC(=O)N(C)C)cc1.CCOC(=O)/C(Cl)=C/c1cc(N2C(=O)C3=C(CCCC3)C2=O)ccc1Cl. The van der Waals surface area contributed by atoms with E-state index in [0.29, 0.717) is 46.2 Å². The van der Waals surface area contributed by atoms with Crippen LogP contribution in [0.5, 0.6) is 0 Å². The number of carbonyl (C=O) groups is 4. The van der Waals surface area contributed by atoms with E-state index in [0.717, 1.165) is 18.5 Å². The smallest absolute Gasteiger partial charge is 0.349 e. The minimum absolute atomic E-state index is 0.104. The quantitative estimate of drug-likeness (QED) is 0.216. The van der Waals surface area contributed by atoms with Crippen molar-refractivity contribution in [1.82, 2.24) is 4.90 Å². The predicted octanol–water partition coefficient (Wildman–Crippen LogP) is 7.13. The van der Waals surface area contributed by atoms with Gasteiger partial charge < -0.3 is 15.0 Å². The molecular formula is C31H35Cl2N3O5. The van der Waals surface area contributed by atoms with Crippen LogP contribution >= 0.6 is 23.2 Å². The van der Waals surface area contributed by atoms with E-state index in [2.05, 4.69) is 19.2 Å². The molecule has 0 saturated carbocycles. The molecule has 1 N–H and O–H groups in total. The summed E-state index contributed by atoms with van der Waals surface area (Å²) in [6.45, 7) is 6.17. The molecule has 2 aliphatic rings. The minimum atomic E-state index is -0.666. The van der Waals surface area contributed by atoms with Crippen LogP contribution in [-0.4, -0.2) is 49.4 Å². The third-order valence-electron chi connectivity index (χ3n) is 6.62. The number of imide groups is 1. The molecule has 1 aliphatic carbocycles. The summed E-state index contributed by atoms with van der Waals surface area (Å²) in [4.78, 5) is 51.0. The van der Waals surface area contributed by atoms with E-state index in [9.17, 15) is 19.2 Å². The molecule has 1 aliphatic heterocycles. The first-order valence-electron chi connectivity index (χ1n) is 13.5. The summed E-state index contributed by atoms with van der Waals surface area (Å²) in [7, 11) is 3.44. The highest BCUT2D eigenvalue weighted by atomic mass is 35.5. The van der Waals surface area contributed by atoms with Crippen LogP contribution < -0.4 is 10.2 Å². The van der Waals surface area contributed by atoms with Crippen LogP contribution in [-0.2, 0) is 19.1 Å². The molecule has 0 atom stereocenters. The van der Waals surface area contributed by atoms with Gasteiger partial charge in [0.15, 0.2) is 0 Å². The minimum Gasteiger partial charge on any atom is -0.462 e. The number of amides is 4. The van der Waals surface area contributed by atoms with Crippen LogP contribution in [0.2, 0.25) is 5.02 Å². The predicted molar refractivity (Wildman–Crippen MR) is 163 cm³/mol. The van der Waals surface area contributed by atoms with Gasteiger partial charge in [-0.2, -0.15) is 0 Å². The average molecular weight is 601 g/mol. The number of carbonyl (C=O) groups excluding carboxylic acids is 4. The standard InChI is InChI=1S/C19H17Cl2NO4.C12H18N2O/c1-2-26-19(25)16(21)10-11-9-12(7-8-15(11)20)22-17(23)13-5-3-4-6-14(13)18(22)24;1-9(2)10-5-7-11(8-6-10)13-12(15)14(3)4/h7-10H,2-6H2,1H3;5-9H,1-4H3,(H,13,15)/b16-10-;. The second kappa shape index (κ2) is 14.3. The summed E-state index contributed by atoms with van der Waals surface area (Å²) in [6, 6.07) is 12.6. The molecule has 0 saturated heterocycles. The van der Waals surface area contributed by atoms with Gasteiger partial charge in [-0.1, -0.05) is 49.2 Å². The summed E-state index contributed by atoms with van der Waals surface area (Å²) in [5, 5.41) is 3.00. The lowest BCUT2D eigenvalue weighted by atomic mass is 9.93. The van der Waals surface area contributed by atoms with Crippen molar-refractivity contribution < 1.29 is 23.9 Å². The number of anilines is 2. The molecule has 41 heavy (non-hydrogen) atoms. The molecule has 4 rings (SSSR count). The number of rotatable bonds is 6. The van der Waals surface area contributed by atoms with Gasteiger partial charge in [-0.25, -0.2) is 14.5 Å². The number of ether oxygens (including phenoxy) is 1. The third-order valence-corrected chi connectivity index (χ3v) is 7.22. The number of nitrogens with zero attached hydrogens (tertiary/aromatic N) is 2. The molecule has 0 fully saturated rings. The molecule has 0 radical (unpaired) electrons. The van der Waals surface area contributed by atoms with Gasteiger partial charge in [-0.15, -0.1) is 0 Å². The van der Waals surface area contributed by atoms with E-state index in [1.54, 1.807) is 39.2 Å². The van der Waals surface area contributed by atoms with Crippen LogP contribution in [0.4, 0.5) is 16.2 Å². The van der Waals surface area contributed by atoms with Crippen molar-refractivity contribution in [3.63, 3.8) is 0 Å². The van der Waals surface area contributed by atoms with Crippen LogP contribution in [0.3, 0.4) is 0 Å². The maximum absolute atomic E-state index is 12.7. The summed E-state index contributed by atoms with van der Waals surface area (Å²) < 4.78 is 4.84. The number of benzene rings is 2. The van der Waals surface area contributed by atoms with Gasteiger partial charge in [0.1, 0.15) is 5.03 Å². The number of nitrogens with one attached hydrogen (secondary N) is 1. The van der Waals surface area contributed by atoms with Crippen LogP contribution in [0, 0.1) is 0 Å². The fourth-order valence-corrected chi connectivity index (χ4v) is 4.68. The zero-order valence-corrected chi connectivity index (χ0v) is 25.4. The van der Waals surface area contributed by atoms with Crippen molar-refractivity contribution in [2.75, 3.05) is 30.9 Å². The molecule has 4 amide bonds. The zero-order chi connectivity index (χ0) is 30.3. The van der Waals surface area contributed by atoms with E-state index < -0.39 is 5.97 Å². The van der Waals surface area contributed by atoms with Crippen molar-refractivity contribution in [3.05, 3.63) is 74.8 Å². The first kappa shape index (κ1) is 31.9. The van der Waals surface area contributed by atoms with Crippen LogP contribution in [0.15, 0.2) is 58.6 Å². The summed E-state index contributed by atoms with van der Waals surface area (Å²) >= 11 is 12.1. The number of urea groups is 1. The third kappa shape index (κ3) is 7.99. The van der Waals surface area contributed by atoms with Crippen LogP contribution in [0.1, 0.15) is 63.5 Å². The Labute approximate surface area is 250 Å². The first-order valence-corrected chi connectivity index (χ1v) is 14.2. The summed E-state index contributed by atoms with van der Waals surface area (Å²) in [5.41, 5.74) is 4.15. The van der Waals surface area contributed by atoms with Crippen molar-refractivity contribution in [3.8, 4) is 0 Å². The number of esters is 1. The van der Waals surface area contributed by atoms with Gasteiger partial charge in [0.25, 0.3) is 11.8 Å². The lowest BCUT2D eigenvalue weighted by Gasteiger charge is -2.16. The first-order chi connectivity index (χ1) is 19.4. The lowest BCUT2D eigenvalue weighted by Crippen LogP contribution is -2.31. The van der Waals surface area contributed by atoms with Gasteiger partial charge in [0, 0.05) is 36.0 Å². The Morgan fingerprint density at radius 1 is 1.02 bits per heavy atom. The number of halogens is 2. The maximum Gasteiger partial charge on any atom is 0.349 e. The summed E-state index contributed by atoms with van der Waals surface area (Å²) in [5.74, 6) is -0.707. The van der Waals surface area contributed by atoms with E-state index in [1.807, 2.05) is 24.3 Å². The van der Waals surface area contributed by atoms with Crippen molar-refractivity contribution in [2.45, 2.75) is 52.4 Å². The Hall–Kier alpha value is -3.62. The molecule has 0 bridgehead atoms. The van der Waals surface area contributed by atoms with Gasteiger partial charge in [-0.3, -0.25) is 9.59 Å². The van der Waals surface area contributed by atoms with Gasteiger partial charge >= 0.3 is 12.0 Å². The van der Waals surface area contributed by atoms with Crippen molar-refractivity contribution in [2.24, 2.45) is 0 Å². The molecule has 8 nitrogen and oxygen atoms in total. The maximum atomic E-state index is 12.7. The zero-order valence-electron chi connectivity index (χ0n) is 23.9. The molecule has 0 aromatic heterocycles. The number of hydrogen-bond donors (Lipinski definition) is 1. The Bertz CT molecular complexity index is 1350. The molecular weight excluding hydrogens is 565 g/mol. The molecule has 218 valence electrons. The highest BCUT2D eigenvalue weighted by Gasteiger charge is 2.39. The molecule has 2 aromatic carbocycles. The second-order valence-electron chi connectivity index (χ2n) is 10.1. The van der Waals surface area contributed by atoms with Gasteiger partial charge in [0.2, 0.25) is 0 Å². The Morgan fingerprint density at radius 2 is 1.61 bits per heavy atom. The fraction of sp³-hybridized carbons (Fsp3) is 0.355. The topological polar surface area (TPSA) is 96.0 Å². The molecule has 0 unspecified atom stereocenters. The monoisotopic (exact) mass is 599 g/mol.